The minimum atomic E-state index is -0.0805. The lowest BCUT2D eigenvalue weighted by atomic mass is 9.92. The zero-order chi connectivity index (χ0) is 12.3. The van der Waals surface area contributed by atoms with Gasteiger partial charge in [-0.15, -0.1) is 0 Å². The molecule has 1 aliphatic carbocycles. The molecule has 0 saturated heterocycles. The second kappa shape index (κ2) is 3.48. The molecule has 0 aromatic heterocycles. The molecule has 0 radical (unpaired) electrons. The first-order valence-electron chi connectivity index (χ1n) is 6.18. The van der Waals surface area contributed by atoms with E-state index in [-0.39, 0.29) is 11.0 Å². The predicted molar refractivity (Wildman–Crippen MR) is 72.5 cm³/mol. The van der Waals surface area contributed by atoms with E-state index in [0.717, 1.165) is 23.2 Å². The van der Waals surface area contributed by atoms with Crippen LogP contribution in [0.1, 0.15) is 37.8 Å². The van der Waals surface area contributed by atoms with Crippen molar-refractivity contribution in [3.05, 3.63) is 27.7 Å². The van der Waals surface area contributed by atoms with Gasteiger partial charge in [0.05, 0.1) is 4.47 Å². The number of nitrogens with two attached hydrogens (primary N) is 1. The third-order valence-corrected chi connectivity index (χ3v) is 4.56. The van der Waals surface area contributed by atoms with E-state index in [1.54, 1.807) is 0 Å². The van der Waals surface area contributed by atoms with Crippen LogP contribution in [0.15, 0.2) is 16.6 Å². The van der Waals surface area contributed by atoms with Crippen molar-refractivity contribution in [2.75, 3.05) is 6.54 Å². The molecule has 0 bridgehead atoms. The summed E-state index contributed by atoms with van der Waals surface area (Å²) in [6.07, 6.45) is 3.42. The summed E-state index contributed by atoms with van der Waals surface area (Å²) in [7, 11) is 0. The topological polar surface area (TPSA) is 35.2 Å². The third kappa shape index (κ3) is 1.80. The smallest absolute Gasteiger partial charge is 0.137 e. The molecule has 1 aliphatic heterocycles. The number of benzene rings is 1. The molecular formula is C14H18BrNO. The van der Waals surface area contributed by atoms with Crippen LogP contribution >= 0.6 is 15.9 Å². The summed E-state index contributed by atoms with van der Waals surface area (Å²) < 4.78 is 7.05. The predicted octanol–water partition coefficient (Wildman–Crippen LogP) is 3.15. The van der Waals surface area contributed by atoms with E-state index < -0.39 is 0 Å². The van der Waals surface area contributed by atoms with Crippen LogP contribution in [-0.2, 0) is 11.8 Å². The summed E-state index contributed by atoms with van der Waals surface area (Å²) in [4.78, 5) is 0. The highest BCUT2D eigenvalue weighted by molar-refractivity contribution is 9.10. The zero-order valence-corrected chi connectivity index (χ0v) is 11.9. The number of hydrogen-bond acceptors (Lipinski definition) is 2. The molecule has 0 amide bonds. The summed E-state index contributed by atoms with van der Waals surface area (Å²) >= 11 is 3.63. The number of ether oxygens (including phenoxy) is 1. The lowest BCUT2D eigenvalue weighted by molar-refractivity contribution is 0.137. The lowest BCUT2D eigenvalue weighted by Crippen LogP contribution is -2.24. The molecule has 1 saturated carbocycles. The summed E-state index contributed by atoms with van der Waals surface area (Å²) in [5.74, 6) is 1.02. The fourth-order valence-electron chi connectivity index (χ4n) is 2.73. The van der Waals surface area contributed by atoms with E-state index in [1.807, 2.05) is 0 Å². The minimum absolute atomic E-state index is 0.0805. The molecule has 2 aliphatic rings. The van der Waals surface area contributed by atoms with Crippen LogP contribution < -0.4 is 10.5 Å². The van der Waals surface area contributed by atoms with Crippen LogP contribution in [0.4, 0.5) is 0 Å². The highest BCUT2D eigenvalue weighted by Crippen LogP contribution is 2.51. The largest absolute Gasteiger partial charge is 0.486 e. The molecule has 1 aromatic carbocycles. The molecule has 17 heavy (non-hydrogen) atoms. The molecular weight excluding hydrogens is 278 g/mol. The monoisotopic (exact) mass is 295 g/mol. The standard InChI is InChI=1S/C14H18BrNO/c1-13(2)7-9-5-10(14(8-16)3-4-14)6-11(15)12(9)17-13/h5-6H,3-4,7-8,16H2,1-2H3. The summed E-state index contributed by atoms with van der Waals surface area (Å²) in [5, 5.41) is 0. The number of hydrogen-bond donors (Lipinski definition) is 1. The van der Waals surface area contributed by atoms with E-state index in [9.17, 15) is 0 Å². The maximum Gasteiger partial charge on any atom is 0.137 e. The molecule has 2 N–H and O–H groups in total. The van der Waals surface area contributed by atoms with Crippen molar-refractivity contribution in [1.82, 2.24) is 0 Å². The highest BCUT2D eigenvalue weighted by atomic mass is 79.9. The van der Waals surface area contributed by atoms with Crippen LogP contribution in [-0.4, -0.2) is 12.1 Å². The fourth-order valence-corrected chi connectivity index (χ4v) is 3.32. The van der Waals surface area contributed by atoms with Crippen LogP contribution in [0.25, 0.3) is 0 Å². The summed E-state index contributed by atoms with van der Waals surface area (Å²) in [6, 6.07) is 4.49. The Hall–Kier alpha value is -0.540. The summed E-state index contributed by atoms with van der Waals surface area (Å²) in [5.41, 5.74) is 8.78. The number of fused-ring (bicyclic) bond motifs is 1. The SMILES string of the molecule is CC1(C)Cc2cc(C3(CN)CC3)cc(Br)c2O1. The van der Waals surface area contributed by atoms with Gasteiger partial charge in [0.25, 0.3) is 0 Å². The van der Waals surface area contributed by atoms with E-state index >= 15 is 0 Å². The van der Waals surface area contributed by atoms with Gasteiger partial charge in [-0.2, -0.15) is 0 Å². The van der Waals surface area contributed by atoms with Gasteiger partial charge >= 0.3 is 0 Å². The molecule has 1 aromatic rings. The van der Waals surface area contributed by atoms with Crippen molar-refractivity contribution in [2.45, 2.75) is 44.1 Å². The van der Waals surface area contributed by atoms with E-state index in [2.05, 4.69) is 41.9 Å². The van der Waals surface area contributed by atoms with Gasteiger partial charge in [-0.25, -0.2) is 0 Å². The number of rotatable bonds is 2. The molecule has 2 nitrogen and oxygen atoms in total. The lowest BCUT2D eigenvalue weighted by Gasteiger charge is -2.17. The molecule has 3 rings (SSSR count). The van der Waals surface area contributed by atoms with Gasteiger partial charge < -0.3 is 10.5 Å². The van der Waals surface area contributed by atoms with Crippen molar-refractivity contribution in [3.63, 3.8) is 0 Å². The Labute approximate surface area is 111 Å². The molecule has 1 heterocycles. The van der Waals surface area contributed by atoms with E-state index in [0.29, 0.717) is 0 Å². The first-order chi connectivity index (χ1) is 7.96. The Bertz CT molecular complexity index is 477. The molecule has 3 heteroatoms. The molecule has 92 valence electrons. The average molecular weight is 296 g/mol. The molecule has 0 unspecified atom stereocenters. The van der Waals surface area contributed by atoms with Crippen LogP contribution in [0.3, 0.4) is 0 Å². The van der Waals surface area contributed by atoms with E-state index in [4.69, 9.17) is 10.5 Å². The van der Waals surface area contributed by atoms with Crippen LogP contribution in [0.2, 0.25) is 0 Å². The molecule has 0 spiro atoms. The van der Waals surface area contributed by atoms with Gasteiger partial charge in [0.2, 0.25) is 0 Å². The highest BCUT2D eigenvalue weighted by Gasteiger charge is 2.44. The van der Waals surface area contributed by atoms with E-state index in [1.165, 1.54) is 24.0 Å². The average Bonchev–Trinajstić information content (AvgIpc) is 2.97. The Kier molecular flexibility index (Phi) is 2.37. The third-order valence-electron chi connectivity index (χ3n) is 3.97. The van der Waals surface area contributed by atoms with Gasteiger partial charge in [0, 0.05) is 18.4 Å². The van der Waals surface area contributed by atoms with Crippen LogP contribution in [0, 0.1) is 0 Å². The Morgan fingerprint density at radius 1 is 1.35 bits per heavy atom. The van der Waals surface area contributed by atoms with Gasteiger partial charge in [-0.05, 0) is 59.8 Å². The van der Waals surface area contributed by atoms with Gasteiger partial charge in [0.1, 0.15) is 11.4 Å². The van der Waals surface area contributed by atoms with Crippen molar-refractivity contribution in [3.8, 4) is 5.75 Å². The van der Waals surface area contributed by atoms with Gasteiger partial charge in [-0.1, -0.05) is 6.07 Å². The van der Waals surface area contributed by atoms with Crippen LogP contribution in [0.5, 0.6) is 5.75 Å². The van der Waals surface area contributed by atoms with Gasteiger partial charge in [-0.3, -0.25) is 0 Å². The van der Waals surface area contributed by atoms with Gasteiger partial charge in [0.15, 0.2) is 0 Å². The molecule has 0 atom stereocenters. The minimum Gasteiger partial charge on any atom is -0.486 e. The Balaban J connectivity index is 2.05. The van der Waals surface area contributed by atoms with Crippen molar-refractivity contribution in [2.24, 2.45) is 5.73 Å². The quantitative estimate of drug-likeness (QED) is 0.910. The molecule has 1 fully saturated rings. The normalized spacial score (nSPS) is 23.1. The summed E-state index contributed by atoms with van der Waals surface area (Å²) in [6.45, 7) is 5.02. The van der Waals surface area contributed by atoms with Crippen molar-refractivity contribution >= 4 is 15.9 Å². The second-order valence-corrected chi connectivity index (χ2v) is 6.82. The van der Waals surface area contributed by atoms with Crippen molar-refractivity contribution < 1.29 is 4.74 Å². The maximum atomic E-state index is 5.97. The number of halogens is 1. The first kappa shape index (κ1) is 11.5. The maximum absolute atomic E-state index is 5.97. The zero-order valence-electron chi connectivity index (χ0n) is 10.3. The second-order valence-electron chi connectivity index (χ2n) is 5.97. The Morgan fingerprint density at radius 2 is 2.06 bits per heavy atom. The first-order valence-corrected chi connectivity index (χ1v) is 6.97. The fraction of sp³-hybridized carbons (Fsp3) is 0.571. The Morgan fingerprint density at radius 3 is 2.65 bits per heavy atom. The van der Waals surface area contributed by atoms with Crippen molar-refractivity contribution in [1.29, 1.82) is 0 Å².